The van der Waals surface area contributed by atoms with Gasteiger partial charge in [-0.3, -0.25) is 4.79 Å². The van der Waals surface area contributed by atoms with Gasteiger partial charge in [0.2, 0.25) is 0 Å². The lowest BCUT2D eigenvalue weighted by atomic mass is 9.75. The summed E-state index contributed by atoms with van der Waals surface area (Å²) in [7, 11) is 0. The summed E-state index contributed by atoms with van der Waals surface area (Å²) in [6.45, 7) is 2.12. The summed E-state index contributed by atoms with van der Waals surface area (Å²) in [4.78, 5) is 24.4. The maximum absolute atomic E-state index is 12.3. The van der Waals surface area contributed by atoms with Crippen LogP contribution < -0.4 is 5.32 Å². The van der Waals surface area contributed by atoms with Gasteiger partial charge in [-0.1, -0.05) is 13.3 Å². The smallest absolute Gasteiger partial charge is 0.329 e. The Morgan fingerprint density at radius 1 is 1.50 bits per heavy atom. The molecule has 0 saturated heterocycles. The van der Waals surface area contributed by atoms with Crippen LogP contribution in [0.2, 0.25) is 0 Å². The molecule has 110 valence electrons. The van der Waals surface area contributed by atoms with Gasteiger partial charge in [0.05, 0.1) is 0 Å². The number of hydrogen-bond acceptors (Lipinski definition) is 3. The van der Waals surface area contributed by atoms with Crippen molar-refractivity contribution >= 4 is 39.1 Å². The quantitative estimate of drug-likeness (QED) is 0.861. The van der Waals surface area contributed by atoms with Crippen molar-refractivity contribution in [2.24, 2.45) is 5.92 Å². The van der Waals surface area contributed by atoms with E-state index >= 15 is 0 Å². The van der Waals surface area contributed by atoms with Crippen molar-refractivity contribution in [3.05, 3.63) is 20.8 Å². The van der Waals surface area contributed by atoms with E-state index in [0.717, 1.165) is 19.3 Å². The van der Waals surface area contributed by atoms with Crippen molar-refractivity contribution < 1.29 is 14.7 Å². The Morgan fingerprint density at radius 2 is 2.15 bits per heavy atom. The number of thiophene rings is 1. The summed E-state index contributed by atoms with van der Waals surface area (Å²) in [6.07, 6.45) is 3.80. The number of carbonyl (C=O) groups is 2. The van der Waals surface area contributed by atoms with Crippen LogP contribution in [-0.2, 0) is 4.79 Å². The number of nitrogens with one attached hydrogen (secondary N) is 1. The molecule has 2 rings (SSSR count). The largest absolute Gasteiger partial charge is 0.480 e. The van der Waals surface area contributed by atoms with E-state index in [2.05, 4.69) is 28.2 Å². The maximum Gasteiger partial charge on any atom is 0.329 e. The number of carbonyl (C=O) groups excluding carboxylic acids is 1. The van der Waals surface area contributed by atoms with E-state index in [9.17, 15) is 14.7 Å². The van der Waals surface area contributed by atoms with Crippen LogP contribution >= 0.6 is 27.3 Å². The zero-order valence-corrected chi connectivity index (χ0v) is 13.7. The molecule has 1 aliphatic carbocycles. The highest BCUT2D eigenvalue weighted by atomic mass is 79.9. The Morgan fingerprint density at radius 3 is 2.60 bits per heavy atom. The molecule has 4 nitrogen and oxygen atoms in total. The minimum Gasteiger partial charge on any atom is -0.480 e. The molecule has 0 bridgehead atoms. The van der Waals surface area contributed by atoms with E-state index in [1.807, 2.05) is 0 Å². The first kappa shape index (κ1) is 15.5. The van der Waals surface area contributed by atoms with Gasteiger partial charge in [0.15, 0.2) is 0 Å². The summed E-state index contributed by atoms with van der Waals surface area (Å²) in [5.41, 5.74) is -1.10. The van der Waals surface area contributed by atoms with Gasteiger partial charge < -0.3 is 10.4 Å². The first-order chi connectivity index (χ1) is 9.48. The topological polar surface area (TPSA) is 66.4 Å². The van der Waals surface area contributed by atoms with Crippen molar-refractivity contribution in [2.45, 2.75) is 44.6 Å². The van der Waals surface area contributed by atoms with E-state index in [1.54, 1.807) is 11.4 Å². The summed E-state index contributed by atoms with van der Waals surface area (Å²) >= 11 is 4.62. The summed E-state index contributed by atoms with van der Waals surface area (Å²) in [5.74, 6) is -0.648. The van der Waals surface area contributed by atoms with Gasteiger partial charge in [-0.05, 0) is 59.0 Å². The second kappa shape index (κ2) is 6.26. The third kappa shape index (κ3) is 3.06. The Kier molecular flexibility index (Phi) is 4.86. The third-order valence-corrected chi connectivity index (χ3v) is 5.96. The van der Waals surface area contributed by atoms with Crippen molar-refractivity contribution in [1.82, 2.24) is 5.32 Å². The molecule has 1 heterocycles. The van der Waals surface area contributed by atoms with E-state index in [1.165, 1.54) is 11.3 Å². The lowest BCUT2D eigenvalue weighted by Crippen LogP contribution is -2.56. The Labute approximate surface area is 130 Å². The Bertz CT molecular complexity index is 506. The number of hydrogen-bond donors (Lipinski definition) is 2. The summed E-state index contributed by atoms with van der Waals surface area (Å²) < 4.78 is 0.711. The predicted octanol–water partition coefficient (Wildman–Crippen LogP) is 3.66. The molecule has 20 heavy (non-hydrogen) atoms. The second-order valence-electron chi connectivity index (χ2n) is 5.29. The molecule has 1 saturated carbocycles. The number of aliphatic carboxylic acids is 1. The molecule has 1 aromatic rings. The van der Waals surface area contributed by atoms with Crippen LogP contribution in [0, 0.1) is 5.92 Å². The van der Waals surface area contributed by atoms with Crippen LogP contribution in [0.3, 0.4) is 0 Å². The van der Waals surface area contributed by atoms with Gasteiger partial charge >= 0.3 is 5.97 Å². The molecule has 0 aliphatic heterocycles. The fourth-order valence-electron chi connectivity index (χ4n) is 2.70. The highest BCUT2D eigenvalue weighted by Gasteiger charge is 2.43. The van der Waals surface area contributed by atoms with Gasteiger partial charge in [-0.25, -0.2) is 4.79 Å². The monoisotopic (exact) mass is 359 g/mol. The highest BCUT2D eigenvalue weighted by Crippen LogP contribution is 2.35. The fraction of sp³-hybridized carbons (Fsp3) is 0.571. The van der Waals surface area contributed by atoms with Crippen LogP contribution in [0.1, 0.15) is 48.7 Å². The van der Waals surface area contributed by atoms with Gasteiger partial charge in [-0.2, -0.15) is 0 Å². The van der Waals surface area contributed by atoms with Gasteiger partial charge in [0.25, 0.3) is 5.91 Å². The zero-order valence-electron chi connectivity index (χ0n) is 11.3. The van der Waals surface area contributed by atoms with Gasteiger partial charge in [-0.15, -0.1) is 11.3 Å². The standard InChI is InChI=1S/C14H18BrNO3S/c1-2-9-3-6-14(7-4-9,13(18)19)16-12(17)11-10(15)5-8-20-11/h5,8-9H,2-4,6-7H2,1H3,(H,16,17)(H,18,19). The van der Waals surface area contributed by atoms with E-state index in [0.29, 0.717) is 28.1 Å². The minimum absolute atomic E-state index is 0.302. The fourth-order valence-corrected chi connectivity index (χ4v) is 4.15. The predicted molar refractivity (Wildman–Crippen MR) is 82.1 cm³/mol. The van der Waals surface area contributed by atoms with Crippen molar-refractivity contribution in [2.75, 3.05) is 0 Å². The Balaban J connectivity index is 2.13. The first-order valence-electron chi connectivity index (χ1n) is 6.77. The lowest BCUT2D eigenvalue weighted by molar-refractivity contribution is -0.146. The summed E-state index contributed by atoms with van der Waals surface area (Å²) in [5, 5.41) is 14.1. The highest BCUT2D eigenvalue weighted by molar-refractivity contribution is 9.10. The van der Waals surface area contributed by atoms with E-state index in [4.69, 9.17) is 0 Å². The van der Waals surface area contributed by atoms with Crippen LogP contribution in [0.4, 0.5) is 0 Å². The molecule has 1 aromatic heterocycles. The molecular weight excluding hydrogens is 342 g/mol. The van der Waals surface area contributed by atoms with Crippen molar-refractivity contribution in [1.29, 1.82) is 0 Å². The maximum atomic E-state index is 12.3. The van der Waals surface area contributed by atoms with E-state index < -0.39 is 11.5 Å². The van der Waals surface area contributed by atoms with Crippen molar-refractivity contribution in [3.63, 3.8) is 0 Å². The van der Waals surface area contributed by atoms with Crippen molar-refractivity contribution in [3.8, 4) is 0 Å². The van der Waals surface area contributed by atoms with E-state index in [-0.39, 0.29) is 5.91 Å². The lowest BCUT2D eigenvalue weighted by Gasteiger charge is -2.37. The average Bonchev–Trinajstić information content (AvgIpc) is 2.85. The zero-order chi connectivity index (χ0) is 14.8. The molecule has 0 unspecified atom stereocenters. The number of amides is 1. The number of carboxylic acid groups (broad SMARTS) is 1. The van der Waals surface area contributed by atoms with Gasteiger partial charge in [0, 0.05) is 4.47 Å². The molecule has 1 fully saturated rings. The average molecular weight is 360 g/mol. The number of halogens is 1. The molecule has 0 spiro atoms. The second-order valence-corrected chi connectivity index (χ2v) is 7.06. The summed E-state index contributed by atoms with van der Waals surface area (Å²) in [6, 6.07) is 1.79. The number of carboxylic acids is 1. The van der Waals surface area contributed by atoms with Gasteiger partial charge in [0.1, 0.15) is 10.4 Å². The SMILES string of the molecule is CCC1CCC(NC(=O)c2sccc2Br)(C(=O)O)CC1. The van der Waals surface area contributed by atoms with Crippen LogP contribution in [0.15, 0.2) is 15.9 Å². The number of rotatable bonds is 4. The normalized spacial score (nSPS) is 26.2. The molecule has 0 aromatic carbocycles. The minimum atomic E-state index is -1.10. The molecule has 1 amide bonds. The molecule has 2 N–H and O–H groups in total. The Hall–Kier alpha value is -0.880. The van der Waals surface area contributed by atoms with Crippen LogP contribution in [-0.4, -0.2) is 22.5 Å². The first-order valence-corrected chi connectivity index (χ1v) is 8.44. The molecule has 1 aliphatic rings. The molecule has 0 radical (unpaired) electrons. The van der Waals surface area contributed by atoms with Crippen LogP contribution in [0.25, 0.3) is 0 Å². The molecular formula is C14H18BrNO3S. The van der Waals surface area contributed by atoms with Crippen LogP contribution in [0.5, 0.6) is 0 Å². The molecule has 0 atom stereocenters. The molecule has 6 heteroatoms. The third-order valence-electron chi connectivity index (χ3n) is 4.12.